The van der Waals surface area contributed by atoms with Crippen molar-refractivity contribution in [2.45, 2.75) is 39.7 Å². The second kappa shape index (κ2) is 12.7. The fraction of sp³-hybridized carbons (Fsp3) is 0.286. The molecule has 0 saturated heterocycles. The molecule has 0 aliphatic carbocycles. The van der Waals surface area contributed by atoms with Crippen LogP contribution in [0.15, 0.2) is 54.7 Å². The van der Waals surface area contributed by atoms with Crippen LogP contribution in [0.4, 0.5) is 0 Å². The molecule has 148 valence electrons. The Morgan fingerprint density at radius 1 is 0.889 bits per heavy atom. The minimum absolute atomic E-state index is 0.346. The summed E-state index contributed by atoms with van der Waals surface area (Å²) in [5.41, 5.74) is 3.65. The molecule has 0 unspecified atom stereocenters. The molecule has 2 aromatic carbocycles. The monoisotopic (exact) mass is 513 g/mol. The first-order valence-corrected chi connectivity index (χ1v) is 13.3. The second-order valence-corrected chi connectivity index (χ2v) is 9.43. The molecule has 6 heteroatoms. The summed E-state index contributed by atoms with van der Waals surface area (Å²) in [7, 11) is 9.71. The topological polar surface area (TPSA) is 33.1 Å². The van der Waals surface area contributed by atoms with Gasteiger partial charge in [-0.05, 0) is 48.4 Å². The number of pyridine rings is 1. The number of aliphatic hydroxyl groups excluding tert-OH is 1. The zero-order valence-corrected chi connectivity index (χ0v) is 19.7. The summed E-state index contributed by atoms with van der Waals surface area (Å²) in [4.78, 5) is 3.98. The first-order valence-electron chi connectivity index (χ1n) is 8.43. The van der Waals surface area contributed by atoms with Gasteiger partial charge in [0.15, 0.2) is 0 Å². The van der Waals surface area contributed by atoms with Crippen molar-refractivity contribution in [2.75, 3.05) is 0 Å². The molecule has 1 atom stereocenters. The molecular formula is C21H24Cl3NORu. The molecule has 3 rings (SSSR count). The summed E-state index contributed by atoms with van der Waals surface area (Å²) in [5.74, 6) is 0.653. The summed E-state index contributed by atoms with van der Waals surface area (Å²) in [6.45, 7) is 8.28. The van der Waals surface area contributed by atoms with Gasteiger partial charge in [0.25, 0.3) is 0 Å². The Labute approximate surface area is 182 Å². The summed E-state index contributed by atoms with van der Waals surface area (Å²) in [6.07, 6.45) is 1.27. The number of rotatable bonds is 2. The van der Waals surface area contributed by atoms with Crippen molar-refractivity contribution in [3.05, 3.63) is 76.6 Å². The average molecular weight is 514 g/mol. The third-order valence-electron chi connectivity index (χ3n) is 3.94. The van der Waals surface area contributed by atoms with Crippen LogP contribution >= 0.6 is 31.0 Å². The third-order valence-corrected chi connectivity index (χ3v) is 4.15. The summed E-state index contributed by atoms with van der Waals surface area (Å²) >= 11 is 5.43. The molecule has 0 amide bonds. The zero-order chi connectivity index (χ0) is 20.4. The third kappa shape index (κ3) is 8.90. The Balaban J connectivity index is 0.000000246. The van der Waals surface area contributed by atoms with Gasteiger partial charge in [-0.1, -0.05) is 67.4 Å². The summed E-state index contributed by atoms with van der Waals surface area (Å²) in [5, 5.41) is 11.9. The van der Waals surface area contributed by atoms with E-state index in [0.717, 1.165) is 16.3 Å². The van der Waals surface area contributed by atoms with E-state index < -0.39 is 6.10 Å². The number of fused-ring (bicyclic) bond motifs is 1. The number of nitrogens with zero attached hydrogens (tertiary/aromatic N) is 1. The molecule has 1 aromatic heterocycles. The van der Waals surface area contributed by atoms with Crippen LogP contribution in [0.2, 0.25) is 5.15 Å². The van der Waals surface area contributed by atoms with Gasteiger partial charge >= 0.3 is 34.5 Å². The molecule has 1 N–H and O–H groups in total. The van der Waals surface area contributed by atoms with Gasteiger partial charge in [0.1, 0.15) is 5.15 Å². The van der Waals surface area contributed by atoms with E-state index in [4.69, 9.17) is 31.0 Å². The number of hydrogen-bond acceptors (Lipinski definition) is 2. The van der Waals surface area contributed by atoms with Crippen LogP contribution in [0, 0.1) is 6.92 Å². The molecule has 2 nitrogen and oxygen atoms in total. The van der Waals surface area contributed by atoms with E-state index in [2.05, 4.69) is 50.0 Å². The first-order chi connectivity index (χ1) is 12.8. The van der Waals surface area contributed by atoms with E-state index >= 15 is 0 Å². The maximum absolute atomic E-state index is 9.40. The molecule has 1 heterocycles. The molecule has 0 aliphatic rings. The molecule has 0 fully saturated rings. The van der Waals surface area contributed by atoms with Crippen LogP contribution < -0.4 is 0 Å². The Kier molecular flexibility index (Phi) is 11.5. The number of aromatic nitrogens is 1. The predicted molar refractivity (Wildman–Crippen MR) is 114 cm³/mol. The molecule has 0 aliphatic heterocycles. The van der Waals surface area contributed by atoms with Crippen molar-refractivity contribution in [2.24, 2.45) is 0 Å². The van der Waals surface area contributed by atoms with E-state index in [9.17, 15) is 5.11 Å². The quantitative estimate of drug-likeness (QED) is 0.285. The van der Waals surface area contributed by atoms with E-state index in [-0.39, 0.29) is 15.1 Å². The molecular weight excluding hydrogens is 490 g/mol. The van der Waals surface area contributed by atoms with Gasteiger partial charge in [-0.3, -0.25) is 0 Å². The second-order valence-electron chi connectivity index (χ2n) is 6.41. The van der Waals surface area contributed by atoms with Crippen LogP contribution in [-0.2, 0) is 15.1 Å². The summed E-state index contributed by atoms with van der Waals surface area (Å²) < 4.78 is 0. The van der Waals surface area contributed by atoms with Gasteiger partial charge in [-0.15, -0.1) is 0 Å². The molecule has 0 bridgehead atoms. The van der Waals surface area contributed by atoms with Crippen molar-refractivity contribution in [1.82, 2.24) is 4.98 Å². The van der Waals surface area contributed by atoms with E-state index in [0.29, 0.717) is 11.1 Å². The molecule has 0 saturated carbocycles. The van der Waals surface area contributed by atoms with Crippen LogP contribution in [0.25, 0.3) is 10.8 Å². The van der Waals surface area contributed by atoms with E-state index in [1.165, 1.54) is 11.1 Å². The van der Waals surface area contributed by atoms with E-state index in [1.807, 2.05) is 18.2 Å². The number of hydrogen-bond donors (Lipinski definition) is 1. The molecule has 0 radical (unpaired) electrons. The predicted octanol–water partition coefficient (Wildman–Crippen LogP) is 7.44. The Morgan fingerprint density at radius 2 is 1.44 bits per heavy atom. The standard InChI is InChI=1S/C11H10ClNO.C10H14.2ClH.Ru/c1-7(14)8-2-3-9-6-13-11(12)5-10(9)4-8;1-8(2)10-6-4-9(3)5-7-10;;;/h2-7,14H,1H3;4-8H,1-3H3;2*1H;/q;;;;+2/p-2/t7-;;;;/m1..../s1. The fourth-order valence-corrected chi connectivity index (χ4v) is 2.51. The molecule has 3 aromatic rings. The number of benzene rings is 2. The molecule has 0 spiro atoms. The van der Waals surface area contributed by atoms with Crippen molar-refractivity contribution in [1.29, 1.82) is 0 Å². The SMILES string of the molecule is C[C@@H](O)c1ccc2cnc(Cl)cc2c1.Cc1ccc(C(C)C)cc1.[Cl][Ru][Cl]. The van der Waals surface area contributed by atoms with Gasteiger partial charge in [0.2, 0.25) is 0 Å². The number of aliphatic hydroxyl groups is 1. The Hall–Kier alpha value is -0.697. The van der Waals surface area contributed by atoms with Crippen molar-refractivity contribution >= 4 is 41.8 Å². The molecule has 27 heavy (non-hydrogen) atoms. The average Bonchev–Trinajstić information content (AvgIpc) is 2.62. The van der Waals surface area contributed by atoms with Crippen LogP contribution in [-0.4, -0.2) is 10.1 Å². The number of aryl methyl sites for hydroxylation is 1. The van der Waals surface area contributed by atoms with Crippen molar-refractivity contribution in [3.63, 3.8) is 0 Å². The Morgan fingerprint density at radius 3 is 1.96 bits per heavy atom. The van der Waals surface area contributed by atoms with Gasteiger partial charge in [-0.2, -0.15) is 0 Å². The summed E-state index contributed by atoms with van der Waals surface area (Å²) in [6, 6.07) is 16.3. The van der Waals surface area contributed by atoms with Gasteiger partial charge in [-0.25, -0.2) is 4.98 Å². The van der Waals surface area contributed by atoms with Crippen LogP contribution in [0.3, 0.4) is 0 Å². The normalized spacial score (nSPS) is 11.4. The van der Waals surface area contributed by atoms with Crippen molar-refractivity contribution < 1.29 is 20.3 Å². The van der Waals surface area contributed by atoms with Gasteiger partial charge < -0.3 is 5.11 Å². The van der Waals surface area contributed by atoms with Crippen LogP contribution in [0.5, 0.6) is 0 Å². The van der Waals surface area contributed by atoms with Gasteiger partial charge in [0.05, 0.1) is 6.10 Å². The first kappa shape index (κ1) is 24.3. The number of halogens is 3. The Bertz CT molecular complexity index is 823. The van der Waals surface area contributed by atoms with Gasteiger partial charge in [0, 0.05) is 11.6 Å². The van der Waals surface area contributed by atoms with Crippen LogP contribution in [0.1, 0.15) is 49.5 Å². The van der Waals surface area contributed by atoms with Crippen molar-refractivity contribution in [3.8, 4) is 0 Å². The fourth-order valence-electron chi connectivity index (χ4n) is 2.34. The zero-order valence-electron chi connectivity index (χ0n) is 15.7. The maximum atomic E-state index is 9.40. The minimum atomic E-state index is -0.452. The van der Waals surface area contributed by atoms with E-state index in [1.54, 1.807) is 19.2 Å².